The number of rotatable bonds is 4. The van der Waals surface area contributed by atoms with Crippen LogP contribution in [0.3, 0.4) is 0 Å². The van der Waals surface area contributed by atoms with Crippen LogP contribution in [0.25, 0.3) is 0 Å². The van der Waals surface area contributed by atoms with Crippen LogP contribution in [-0.4, -0.2) is 9.32 Å². The summed E-state index contributed by atoms with van der Waals surface area (Å²) >= 11 is 6.21. The van der Waals surface area contributed by atoms with E-state index in [0.29, 0.717) is 5.75 Å². The SMILES string of the molecule is O=S(Cc1ccc(CO)cc1)C1CCc2c(Cl)cccc21. The van der Waals surface area contributed by atoms with Gasteiger partial charge in [0.2, 0.25) is 0 Å². The Morgan fingerprint density at radius 3 is 2.57 bits per heavy atom. The first kappa shape index (κ1) is 14.8. The molecule has 3 rings (SSSR count). The van der Waals surface area contributed by atoms with E-state index in [1.54, 1.807) is 0 Å². The quantitative estimate of drug-likeness (QED) is 0.931. The molecule has 0 heterocycles. The minimum Gasteiger partial charge on any atom is -0.392 e. The van der Waals surface area contributed by atoms with E-state index in [2.05, 4.69) is 0 Å². The summed E-state index contributed by atoms with van der Waals surface area (Å²) in [4.78, 5) is 0. The van der Waals surface area contributed by atoms with Crippen molar-refractivity contribution in [3.63, 3.8) is 0 Å². The summed E-state index contributed by atoms with van der Waals surface area (Å²) < 4.78 is 12.7. The zero-order valence-corrected chi connectivity index (χ0v) is 13.2. The lowest BCUT2D eigenvalue weighted by Crippen LogP contribution is -2.06. The van der Waals surface area contributed by atoms with E-state index in [9.17, 15) is 4.21 Å². The highest BCUT2D eigenvalue weighted by Crippen LogP contribution is 2.39. The predicted octanol–water partition coefficient (Wildman–Crippen LogP) is 3.77. The first-order valence-corrected chi connectivity index (χ1v) is 8.78. The summed E-state index contributed by atoms with van der Waals surface area (Å²) in [5, 5.41) is 9.92. The highest BCUT2D eigenvalue weighted by atomic mass is 35.5. The molecule has 0 aliphatic heterocycles. The van der Waals surface area contributed by atoms with E-state index < -0.39 is 10.8 Å². The maximum Gasteiger partial charge on any atom is 0.0681 e. The number of halogens is 1. The molecule has 0 radical (unpaired) electrons. The van der Waals surface area contributed by atoms with E-state index in [-0.39, 0.29) is 11.9 Å². The van der Waals surface area contributed by atoms with E-state index in [1.807, 2.05) is 42.5 Å². The van der Waals surface area contributed by atoms with Crippen LogP contribution in [0.15, 0.2) is 42.5 Å². The maximum absolute atomic E-state index is 12.7. The molecule has 2 nitrogen and oxygen atoms in total. The van der Waals surface area contributed by atoms with Crippen molar-refractivity contribution in [3.05, 3.63) is 69.7 Å². The fraction of sp³-hybridized carbons (Fsp3) is 0.294. The van der Waals surface area contributed by atoms with Gasteiger partial charge in [0.05, 0.1) is 11.9 Å². The average Bonchev–Trinajstić information content (AvgIpc) is 2.93. The Hall–Kier alpha value is -1.16. The van der Waals surface area contributed by atoms with Crippen molar-refractivity contribution in [1.82, 2.24) is 0 Å². The minimum atomic E-state index is -0.946. The third-order valence-corrected chi connectivity index (χ3v) is 6.09. The number of hydrogen-bond donors (Lipinski definition) is 1. The van der Waals surface area contributed by atoms with Gasteiger partial charge in [-0.1, -0.05) is 48.0 Å². The summed E-state index contributed by atoms with van der Waals surface area (Å²) in [7, 11) is -0.946. The summed E-state index contributed by atoms with van der Waals surface area (Å²) in [5.41, 5.74) is 4.23. The van der Waals surface area contributed by atoms with Crippen LogP contribution in [0, 0.1) is 0 Å². The monoisotopic (exact) mass is 320 g/mol. The van der Waals surface area contributed by atoms with Crippen LogP contribution in [0.1, 0.15) is 33.9 Å². The lowest BCUT2D eigenvalue weighted by molar-refractivity contribution is 0.282. The van der Waals surface area contributed by atoms with E-state index in [0.717, 1.165) is 40.1 Å². The normalized spacial score (nSPS) is 18.5. The molecule has 0 saturated heterocycles. The third-order valence-electron chi connectivity index (χ3n) is 3.99. The topological polar surface area (TPSA) is 37.3 Å². The van der Waals surface area contributed by atoms with Crippen molar-refractivity contribution >= 4 is 22.4 Å². The first-order chi connectivity index (χ1) is 10.2. The van der Waals surface area contributed by atoms with Gasteiger partial charge in [-0.25, -0.2) is 0 Å². The molecule has 2 aromatic rings. The summed E-state index contributed by atoms with van der Waals surface area (Å²) in [6.07, 6.45) is 1.81. The Balaban J connectivity index is 1.77. The number of benzene rings is 2. The van der Waals surface area contributed by atoms with Gasteiger partial charge in [0, 0.05) is 21.6 Å². The summed E-state index contributed by atoms with van der Waals surface area (Å²) in [6.45, 7) is 0.0396. The fourth-order valence-corrected chi connectivity index (χ4v) is 4.73. The van der Waals surface area contributed by atoms with Gasteiger partial charge in [-0.15, -0.1) is 0 Å². The molecule has 21 heavy (non-hydrogen) atoms. The highest BCUT2D eigenvalue weighted by Gasteiger charge is 2.28. The van der Waals surface area contributed by atoms with Gasteiger partial charge < -0.3 is 5.11 Å². The van der Waals surface area contributed by atoms with Gasteiger partial charge in [-0.2, -0.15) is 0 Å². The summed E-state index contributed by atoms with van der Waals surface area (Å²) in [6, 6.07) is 13.5. The van der Waals surface area contributed by atoms with Gasteiger partial charge in [-0.3, -0.25) is 4.21 Å². The molecule has 0 saturated carbocycles. The largest absolute Gasteiger partial charge is 0.392 e. The van der Waals surface area contributed by atoms with E-state index in [4.69, 9.17) is 16.7 Å². The van der Waals surface area contributed by atoms with Crippen LogP contribution < -0.4 is 0 Å². The Morgan fingerprint density at radius 2 is 1.86 bits per heavy atom. The smallest absolute Gasteiger partial charge is 0.0681 e. The van der Waals surface area contributed by atoms with E-state index in [1.165, 1.54) is 0 Å². The maximum atomic E-state index is 12.7. The summed E-state index contributed by atoms with van der Waals surface area (Å²) in [5.74, 6) is 0.544. The van der Waals surface area contributed by atoms with Crippen molar-refractivity contribution in [2.75, 3.05) is 0 Å². The van der Waals surface area contributed by atoms with Crippen molar-refractivity contribution in [2.24, 2.45) is 0 Å². The van der Waals surface area contributed by atoms with Crippen molar-refractivity contribution in [3.8, 4) is 0 Å². The lowest BCUT2D eigenvalue weighted by atomic mass is 10.1. The molecule has 1 aliphatic rings. The number of aliphatic hydroxyl groups is 1. The number of aliphatic hydroxyl groups excluding tert-OH is 1. The van der Waals surface area contributed by atoms with Crippen LogP contribution in [0.4, 0.5) is 0 Å². The standard InChI is InChI=1S/C17H17ClO2S/c18-16-3-1-2-15-14(16)8-9-17(15)21(20)11-13-6-4-12(10-19)5-7-13/h1-7,17,19H,8-11H2. The van der Waals surface area contributed by atoms with Crippen LogP contribution in [0.5, 0.6) is 0 Å². The Morgan fingerprint density at radius 1 is 1.14 bits per heavy atom. The number of fused-ring (bicyclic) bond motifs is 1. The highest BCUT2D eigenvalue weighted by molar-refractivity contribution is 7.84. The molecule has 4 heteroatoms. The van der Waals surface area contributed by atoms with Crippen molar-refractivity contribution < 1.29 is 9.32 Å². The van der Waals surface area contributed by atoms with Gasteiger partial charge in [0.15, 0.2) is 0 Å². The predicted molar refractivity (Wildman–Crippen MR) is 86.7 cm³/mol. The van der Waals surface area contributed by atoms with Gasteiger partial charge >= 0.3 is 0 Å². The molecule has 0 bridgehead atoms. The second-order valence-electron chi connectivity index (χ2n) is 5.33. The molecule has 0 amide bonds. The van der Waals surface area contributed by atoms with Crippen LogP contribution in [0.2, 0.25) is 5.02 Å². The molecule has 0 aromatic heterocycles. The average molecular weight is 321 g/mol. The molecule has 1 aliphatic carbocycles. The second-order valence-corrected chi connectivity index (χ2v) is 7.36. The molecule has 0 spiro atoms. The van der Waals surface area contributed by atoms with E-state index >= 15 is 0 Å². The molecular formula is C17H17ClO2S. The lowest BCUT2D eigenvalue weighted by Gasteiger charge is -2.12. The van der Waals surface area contributed by atoms with Gasteiger partial charge in [0.1, 0.15) is 0 Å². The molecular weight excluding hydrogens is 304 g/mol. The molecule has 1 N–H and O–H groups in total. The number of hydrogen-bond acceptors (Lipinski definition) is 2. The third kappa shape index (κ3) is 3.05. The molecule has 110 valence electrons. The molecule has 2 atom stereocenters. The Bertz CT molecular complexity index is 667. The molecule has 2 aromatic carbocycles. The second kappa shape index (κ2) is 6.30. The Kier molecular flexibility index (Phi) is 4.43. The van der Waals surface area contributed by atoms with Crippen LogP contribution >= 0.6 is 11.6 Å². The van der Waals surface area contributed by atoms with Crippen LogP contribution in [-0.2, 0) is 29.6 Å². The minimum absolute atomic E-state index is 0.0396. The Labute approximate surface area is 132 Å². The molecule has 0 fully saturated rings. The first-order valence-electron chi connectivity index (χ1n) is 7.02. The zero-order valence-electron chi connectivity index (χ0n) is 11.6. The molecule has 2 unspecified atom stereocenters. The zero-order chi connectivity index (χ0) is 14.8. The van der Waals surface area contributed by atoms with Gasteiger partial charge in [-0.05, 0) is 41.2 Å². The van der Waals surface area contributed by atoms with Crippen molar-refractivity contribution in [2.45, 2.75) is 30.5 Å². The fourth-order valence-electron chi connectivity index (χ4n) is 2.85. The van der Waals surface area contributed by atoms with Crippen molar-refractivity contribution in [1.29, 1.82) is 0 Å². The van der Waals surface area contributed by atoms with Gasteiger partial charge in [0.25, 0.3) is 0 Å².